The van der Waals surface area contributed by atoms with Gasteiger partial charge in [0.25, 0.3) is 11.8 Å². The first-order chi connectivity index (χ1) is 14.0. The van der Waals surface area contributed by atoms with E-state index in [4.69, 9.17) is 4.74 Å². The molecule has 2 N–H and O–H groups in total. The van der Waals surface area contributed by atoms with Gasteiger partial charge in [0.15, 0.2) is 0 Å². The molecule has 0 heterocycles. The van der Waals surface area contributed by atoms with E-state index in [2.05, 4.69) is 24.5 Å². The Bertz CT molecular complexity index is 1010. The number of carbonyl (C=O) groups is 2. The van der Waals surface area contributed by atoms with Gasteiger partial charge in [-0.25, -0.2) is 0 Å². The number of hydrogen-bond donors (Lipinski definition) is 2. The summed E-state index contributed by atoms with van der Waals surface area (Å²) in [6, 6.07) is 21.4. The van der Waals surface area contributed by atoms with Crippen LogP contribution in [0.2, 0.25) is 0 Å². The summed E-state index contributed by atoms with van der Waals surface area (Å²) in [6.07, 6.45) is 0. The van der Waals surface area contributed by atoms with Crippen molar-refractivity contribution in [3.8, 4) is 5.75 Å². The molecule has 0 aliphatic heterocycles. The third-order valence-electron chi connectivity index (χ3n) is 4.57. The van der Waals surface area contributed by atoms with Gasteiger partial charge in [0.2, 0.25) is 0 Å². The summed E-state index contributed by atoms with van der Waals surface area (Å²) in [6.45, 7) is 4.16. The first-order valence-corrected chi connectivity index (χ1v) is 9.43. The minimum absolute atomic E-state index is 0.253. The van der Waals surface area contributed by atoms with Gasteiger partial charge < -0.3 is 15.4 Å². The molecule has 3 rings (SSSR count). The molecule has 0 unspecified atom stereocenters. The summed E-state index contributed by atoms with van der Waals surface area (Å²) in [5, 5.41) is 5.78. The van der Waals surface area contributed by atoms with E-state index in [1.807, 2.05) is 24.3 Å². The number of amides is 2. The summed E-state index contributed by atoms with van der Waals surface area (Å²) in [7, 11) is 1.59. The zero-order chi connectivity index (χ0) is 20.8. The number of nitrogens with one attached hydrogen (secondary N) is 2. The molecule has 0 spiro atoms. The standard InChI is InChI=1S/C24H24N2O3/c1-16(2)21-9-4-5-10-22(21)26-24(28)18-8-6-7-17(15-18)23(27)25-19-11-13-20(29-3)14-12-19/h4-16H,1-3H3,(H,25,27)(H,26,28). The highest BCUT2D eigenvalue weighted by atomic mass is 16.5. The van der Waals surface area contributed by atoms with Crippen molar-refractivity contribution < 1.29 is 14.3 Å². The largest absolute Gasteiger partial charge is 0.497 e. The van der Waals surface area contributed by atoms with Crippen molar-refractivity contribution in [3.05, 3.63) is 89.5 Å². The Labute approximate surface area is 170 Å². The van der Waals surface area contributed by atoms with Crippen LogP contribution in [0.15, 0.2) is 72.8 Å². The van der Waals surface area contributed by atoms with Gasteiger partial charge in [0.1, 0.15) is 5.75 Å². The SMILES string of the molecule is COc1ccc(NC(=O)c2cccc(C(=O)Nc3ccccc3C(C)C)c2)cc1. The zero-order valence-electron chi connectivity index (χ0n) is 16.7. The van der Waals surface area contributed by atoms with Gasteiger partial charge in [-0.05, 0) is 60.0 Å². The first kappa shape index (κ1) is 20.1. The summed E-state index contributed by atoms with van der Waals surface area (Å²) in [5.41, 5.74) is 3.32. The van der Waals surface area contributed by atoms with Crippen LogP contribution in [0.25, 0.3) is 0 Å². The predicted molar refractivity (Wildman–Crippen MR) is 116 cm³/mol. The van der Waals surface area contributed by atoms with Crippen molar-refractivity contribution in [3.63, 3.8) is 0 Å². The molecular weight excluding hydrogens is 364 g/mol. The Hall–Kier alpha value is -3.60. The molecule has 5 nitrogen and oxygen atoms in total. The van der Waals surface area contributed by atoms with Crippen molar-refractivity contribution >= 4 is 23.2 Å². The molecule has 2 amide bonds. The molecule has 0 aliphatic rings. The molecule has 5 heteroatoms. The highest BCUT2D eigenvalue weighted by Gasteiger charge is 2.13. The second-order valence-electron chi connectivity index (χ2n) is 6.96. The van der Waals surface area contributed by atoms with E-state index in [0.717, 1.165) is 11.3 Å². The van der Waals surface area contributed by atoms with Crippen LogP contribution >= 0.6 is 0 Å². The quantitative estimate of drug-likeness (QED) is 0.600. The molecule has 0 radical (unpaired) electrons. The second kappa shape index (κ2) is 9.06. The van der Waals surface area contributed by atoms with Gasteiger partial charge in [0.05, 0.1) is 7.11 Å². The number of methoxy groups -OCH3 is 1. The van der Waals surface area contributed by atoms with E-state index >= 15 is 0 Å². The first-order valence-electron chi connectivity index (χ1n) is 9.43. The van der Waals surface area contributed by atoms with E-state index in [0.29, 0.717) is 22.6 Å². The monoisotopic (exact) mass is 388 g/mol. The smallest absolute Gasteiger partial charge is 0.255 e. The second-order valence-corrected chi connectivity index (χ2v) is 6.96. The molecule has 0 bridgehead atoms. The lowest BCUT2D eigenvalue weighted by atomic mass is 10.0. The average Bonchev–Trinajstić information content (AvgIpc) is 2.74. The molecule has 3 aromatic carbocycles. The Kier molecular flexibility index (Phi) is 6.29. The van der Waals surface area contributed by atoms with Crippen LogP contribution in [-0.2, 0) is 0 Å². The third-order valence-corrected chi connectivity index (χ3v) is 4.57. The van der Waals surface area contributed by atoms with Crippen LogP contribution in [0.3, 0.4) is 0 Å². The van der Waals surface area contributed by atoms with Crippen LogP contribution in [0.5, 0.6) is 5.75 Å². The molecule has 0 saturated heterocycles. The topological polar surface area (TPSA) is 67.4 Å². The summed E-state index contributed by atoms with van der Waals surface area (Å²) < 4.78 is 5.12. The summed E-state index contributed by atoms with van der Waals surface area (Å²) in [4.78, 5) is 25.3. The van der Waals surface area contributed by atoms with Gasteiger partial charge in [-0.15, -0.1) is 0 Å². The lowest BCUT2D eigenvalue weighted by Gasteiger charge is -2.14. The molecule has 0 aliphatic carbocycles. The van der Waals surface area contributed by atoms with Crippen molar-refractivity contribution in [2.75, 3.05) is 17.7 Å². The molecule has 0 saturated carbocycles. The van der Waals surface area contributed by atoms with E-state index in [-0.39, 0.29) is 17.7 Å². The Morgan fingerprint density at radius 2 is 1.41 bits per heavy atom. The predicted octanol–water partition coefficient (Wildman–Crippen LogP) is 5.32. The number of benzene rings is 3. The van der Waals surface area contributed by atoms with Crippen LogP contribution in [-0.4, -0.2) is 18.9 Å². The average molecular weight is 388 g/mol. The Morgan fingerprint density at radius 3 is 2.03 bits per heavy atom. The molecule has 148 valence electrons. The lowest BCUT2D eigenvalue weighted by molar-refractivity contribution is 0.102. The van der Waals surface area contributed by atoms with E-state index in [9.17, 15) is 9.59 Å². The molecule has 29 heavy (non-hydrogen) atoms. The fraction of sp³-hybridized carbons (Fsp3) is 0.167. The number of para-hydroxylation sites is 1. The van der Waals surface area contributed by atoms with Gasteiger partial charge in [-0.1, -0.05) is 38.1 Å². The van der Waals surface area contributed by atoms with Crippen molar-refractivity contribution in [1.29, 1.82) is 0 Å². The number of ether oxygens (including phenoxy) is 1. The number of carbonyl (C=O) groups excluding carboxylic acids is 2. The van der Waals surface area contributed by atoms with Gasteiger partial charge in [-0.2, -0.15) is 0 Å². The summed E-state index contributed by atoms with van der Waals surface area (Å²) >= 11 is 0. The van der Waals surface area contributed by atoms with Crippen LogP contribution in [0.1, 0.15) is 46.0 Å². The number of hydrogen-bond acceptors (Lipinski definition) is 3. The molecular formula is C24H24N2O3. The fourth-order valence-corrected chi connectivity index (χ4v) is 2.99. The fourth-order valence-electron chi connectivity index (χ4n) is 2.99. The normalized spacial score (nSPS) is 10.5. The highest BCUT2D eigenvalue weighted by Crippen LogP contribution is 2.24. The molecule has 0 atom stereocenters. The molecule has 0 aromatic heterocycles. The Morgan fingerprint density at radius 1 is 0.793 bits per heavy atom. The Balaban J connectivity index is 1.74. The van der Waals surface area contributed by atoms with Gasteiger partial charge in [-0.3, -0.25) is 9.59 Å². The molecule has 0 fully saturated rings. The maximum Gasteiger partial charge on any atom is 0.255 e. The maximum absolute atomic E-state index is 12.7. The lowest BCUT2D eigenvalue weighted by Crippen LogP contribution is -2.16. The van der Waals surface area contributed by atoms with E-state index in [1.54, 1.807) is 55.6 Å². The van der Waals surface area contributed by atoms with Crippen LogP contribution in [0, 0.1) is 0 Å². The zero-order valence-corrected chi connectivity index (χ0v) is 16.7. The third kappa shape index (κ3) is 5.02. The van der Waals surface area contributed by atoms with Gasteiger partial charge >= 0.3 is 0 Å². The van der Waals surface area contributed by atoms with Gasteiger partial charge in [0, 0.05) is 22.5 Å². The van der Waals surface area contributed by atoms with Crippen molar-refractivity contribution in [2.24, 2.45) is 0 Å². The van der Waals surface area contributed by atoms with Crippen molar-refractivity contribution in [2.45, 2.75) is 19.8 Å². The minimum atomic E-state index is -0.285. The number of anilines is 2. The minimum Gasteiger partial charge on any atom is -0.497 e. The highest BCUT2D eigenvalue weighted by molar-refractivity contribution is 6.09. The number of rotatable bonds is 6. The van der Waals surface area contributed by atoms with Crippen LogP contribution < -0.4 is 15.4 Å². The van der Waals surface area contributed by atoms with E-state index in [1.165, 1.54) is 0 Å². The van der Waals surface area contributed by atoms with Crippen molar-refractivity contribution in [1.82, 2.24) is 0 Å². The molecule has 3 aromatic rings. The van der Waals surface area contributed by atoms with Crippen LogP contribution in [0.4, 0.5) is 11.4 Å². The van der Waals surface area contributed by atoms with E-state index < -0.39 is 0 Å². The maximum atomic E-state index is 12.7. The summed E-state index contributed by atoms with van der Waals surface area (Å²) in [5.74, 6) is 0.459.